The summed E-state index contributed by atoms with van der Waals surface area (Å²) in [5, 5.41) is 3.42. The maximum absolute atomic E-state index is 6.13. The minimum Gasteiger partial charge on any atom is -0.380 e. The van der Waals surface area contributed by atoms with Crippen LogP contribution < -0.4 is 11.1 Å². The fourth-order valence-corrected chi connectivity index (χ4v) is 1.31. The summed E-state index contributed by atoms with van der Waals surface area (Å²) in [5.74, 6) is 0.861. The van der Waals surface area contributed by atoms with Crippen molar-refractivity contribution in [3.05, 3.63) is 0 Å². The van der Waals surface area contributed by atoms with Crippen molar-refractivity contribution in [1.29, 1.82) is 0 Å². The molecular formula is C13H28N2O. The molecule has 0 spiro atoms. The molecule has 96 valence electrons. The number of nitrogens with one attached hydrogen (secondary N) is 1. The van der Waals surface area contributed by atoms with Gasteiger partial charge in [0, 0.05) is 25.2 Å². The van der Waals surface area contributed by atoms with Crippen LogP contribution in [0.15, 0.2) is 0 Å². The third-order valence-corrected chi connectivity index (χ3v) is 3.78. The Balaban J connectivity index is 2.00. The van der Waals surface area contributed by atoms with Crippen molar-refractivity contribution in [2.24, 2.45) is 17.1 Å². The van der Waals surface area contributed by atoms with Gasteiger partial charge in [0.25, 0.3) is 0 Å². The van der Waals surface area contributed by atoms with Gasteiger partial charge in [0.2, 0.25) is 0 Å². The Morgan fingerprint density at radius 2 is 1.88 bits per heavy atom. The van der Waals surface area contributed by atoms with E-state index in [4.69, 9.17) is 10.5 Å². The number of ether oxygens (including phenoxy) is 1. The van der Waals surface area contributed by atoms with Gasteiger partial charge in [-0.3, -0.25) is 0 Å². The summed E-state index contributed by atoms with van der Waals surface area (Å²) in [7, 11) is 0. The van der Waals surface area contributed by atoms with Crippen LogP contribution in [0.1, 0.15) is 40.5 Å². The summed E-state index contributed by atoms with van der Waals surface area (Å²) in [6.07, 6.45) is 2.73. The standard InChI is InChI=1S/C13H28N2O/c1-12(2,13(3,4)14)10-15-7-8-16-9-11-5-6-11/h11,15H,5-10,14H2,1-4H3. The van der Waals surface area contributed by atoms with Crippen molar-refractivity contribution in [2.75, 3.05) is 26.3 Å². The van der Waals surface area contributed by atoms with Gasteiger partial charge in [-0.25, -0.2) is 0 Å². The quantitative estimate of drug-likeness (QED) is 0.622. The van der Waals surface area contributed by atoms with Gasteiger partial charge >= 0.3 is 0 Å². The average molecular weight is 228 g/mol. The highest BCUT2D eigenvalue weighted by molar-refractivity contribution is 4.91. The Morgan fingerprint density at radius 1 is 1.25 bits per heavy atom. The molecule has 0 aromatic heterocycles. The molecule has 16 heavy (non-hydrogen) atoms. The van der Waals surface area contributed by atoms with Crippen LogP contribution in [-0.2, 0) is 4.74 Å². The minimum absolute atomic E-state index is 0.101. The highest BCUT2D eigenvalue weighted by atomic mass is 16.5. The first-order chi connectivity index (χ1) is 7.33. The van der Waals surface area contributed by atoms with E-state index in [2.05, 4.69) is 33.0 Å². The van der Waals surface area contributed by atoms with Gasteiger partial charge in [0.1, 0.15) is 0 Å². The molecule has 0 heterocycles. The van der Waals surface area contributed by atoms with E-state index >= 15 is 0 Å². The molecule has 0 radical (unpaired) electrons. The number of hydrogen-bond acceptors (Lipinski definition) is 3. The topological polar surface area (TPSA) is 47.3 Å². The van der Waals surface area contributed by atoms with E-state index in [9.17, 15) is 0 Å². The summed E-state index contributed by atoms with van der Waals surface area (Å²) >= 11 is 0. The monoisotopic (exact) mass is 228 g/mol. The zero-order valence-electron chi connectivity index (χ0n) is 11.3. The van der Waals surface area contributed by atoms with Crippen molar-refractivity contribution in [3.63, 3.8) is 0 Å². The molecule has 0 aromatic carbocycles. The molecule has 1 saturated carbocycles. The molecule has 0 amide bonds. The summed E-state index contributed by atoms with van der Waals surface area (Å²) in [6, 6.07) is 0. The Labute approximate surface area is 100 Å². The lowest BCUT2D eigenvalue weighted by Crippen LogP contribution is -2.52. The Bertz CT molecular complexity index is 204. The summed E-state index contributed by atoms with van der Waals surface area (Å²) in [4.78, 5) is 0. The molecule has 1 aliphatic carbocycles. The zero-order chi connectivity index (χ0) is 12.2. The van der Waals surface area contributed by atoms with Gasteiger partial charge in [-0.2, -0.15) is 0 Å². The van der Waals surface area contributed by atoms with E-state index in [1.165, 1.54) is 12.8 Å². The minimum atomic E-state index is -0.158. The first-order valence-corrected chi connectivity index (χ1v) is 6.40. The number of hydrogen-bond donors (Lipinski definition) is 2. The predicted octanol–water partition coefficient (Wildman–Crippen LogP) is 1.77. The Morgan fingerprint density at radius 3 is 2.38 bits per heavy atom. The predicted molar refractivity (Wildman–Crippen MR) is 68.5 cm³/mol. The van der Waals surface area contributed by atoms with E-state index in [1.807, 2.05) is 0 Å². The molecular weight excluding hydrogens is 200 g/mol. The molecule has 0 aliphatic heterocycles. The van der Waals surface area contributed by atoms with E-state index in [-0.39, 0.29) is 11.0 Å². The summed E-state index contributed by atoms with van der Waals surface area (Å²) in [5.41, 5.74) is 6.07. The van der Waals surface area contributed by atoms with Crippen LogP contribution in [0.5, 0.6) is 0 Å². The van der Waals surface area contributed by atoms with Crippen molar-refractivity contribution in [3.8, 4) is 0 Å². The van der Waals surface area contributed by atoms with E-state index < -0.39 is 0 Å². The maximum Gasteiger partial charge on any atom is 0.0591 e. The first-order valence-electron chi connectivity index (χ1n) is 6.40. The number of rotatable bonds is 8. The Hall–Kier alpha value is -0.120. The van der Waals surface area contributed by atoms with Crippen molar-refractivity contribution < 1.29 is 4.74 Å². The second kappa shape index (κ2) is 5.48. The zero-order valence-corrected chi connectivity index (χ0v) is 11.3. The van der Waals surface area contributed by atoms with Crippen molar-refractivity contribution in [2.45, 2.75) is 46.1 Å². The molecule has 0 unspecified atom stereocenters. The third-order valence-electron chi connectivity index (χ3n) is 3.78. The van der Waals surface area contributed by atoms with Gasteiger partial charge in [-0.1, -0.05) is 13.8 Å². The van der Waals surface area contributed by atoms with E-state index in [0.717, 1.165) is 32.2 Å². The smallest absolute Gasteiger partial charge is 0.0591 e. The average Bonchev–Trinajstić information content (AvgIpc) is 2.92. The molecule has 0 atom stereocenters. The normalized spacial score (nSPS) is 17.8. The third kappa shape index (κ3) is 4.81. The molecule has 0 bridgehead atoms. The maximum atomic E-state index is 6.13. The highest BCUT2D eigenvalue weighted by Crippen LogP contribution is 2.28. The van der Waals surface area contributed by atoms with Crippen LogP contribution >= 0.6 is 0 Å². The van der Waals surface area contributed by atoms with E-state index in [0.29, 0.717) is 0 Å². The van der Waals surface area contributed by atoms with Gasteiger partial charge in [0.05, 0.1) is 6.61 Å². The molecule has 3 N–H and O–H groups in total. The van der Waals surface area contributed by atoms with Crippen LogP contribution in [0.4, 0.5) is 0 Å². The van der Waals surface area contributed by atoms with Crippen molar-refractivity contribution >= 4 is 0 Å². The lowest BCUT2D eigenvalue weighted by molar-refractivity contribution is 0.120. The largest absolute Gasteiger partial charge is 0.380 e. The first kappa shape index (κ1) is 13.9. The summed E-state index contributed by atoms with van der Waals surface area (Å²) in [6.45, 7) is 12.2. The van der Waals surface area contributed by atoms with E-state index in [1.54, 1.807) is 0 Å². The van der Waals surface area contributed by atoms with Gasteiger partial charge in [0.15, 0.2) is 0 Å². The van der Waals surface area contributed by atoms with Crippen LogP contribution in [-0.4, -0.2) is 31.8 Å². The molecule has 3 heteroatoms. The molecule has 0 saturated heterocycles. The molecule has 1 fully saturated rings. The molecule has 0 aromatic rings. The van der Waals surface area contributed by atoms with Crippen LogP contribution in [0, 0.1) is 11.3 Å². The number of nitrogens with two attached hydrogens (primary N) is 1. The SMILES string of the molecule is CC(C)(N)C(C)(C)CNCCOCC1CC1. The van der Waals surface area contributed by atoms with Crippen LogP contribution in [0.2, 0.25) is 0 Å². The molecule has 3 nitrogen and oxygen atoms in total. The molecule has 1 aliphatic rings. The van der Waals surface area contributed by atoms with Gasteiger partial charge in [-0.15, -0.1) is 0 Å². The van der Waals surface area contributed by atoms with Gasteiger partial charge in [-0.05, 0) is 38.0 Å². The summed E-state index contributed by atoms with van der Waals surface area (Å²) < 4.78 is 5.56. The highest BCUT2D eigenvalue weighted by Gasteiger charge is 2.32. The second-order valence-corrected chi connectivity index (χ2v) is 6.30. The molecule has 1 rings (SSSR count). The van der Waals surface area contributed by atoms with Crippen LogP contribution in [0.3, 0.4) is 0 Å². The van der Waals surface area contributed by atoms with Crippen molar-refractivity contribution in [1.82, 2.24) is 5.32 Å². The second-order valence-electron chi connectivity index (χ2n) is 6.30. The Kier molecular flexibility index (Phi) is 4.77. The lowest BCUT2D eigenvalue weighted by atomic mass is 9.75. The fourth-order valence-electron chi connectivity index (χ4n) is 1.31. The fraction of sp³-hybridized carbons (Fsp3) is 1.00. The lowest BCUT2D eigenvalue weighted by Gasteiger charge is -2.38. The van der Waals surface area contributed by atoms with Crippen LogP contribution in [0.25, 0.3) is 0 Å². The van der Waals surface area contributed by atoms with Gasteiger partial charge < -0.3 is 15.8 Å².